The van der Waals surface area contributed by atoms with Crippen molar-refractivity contribution in [3.63, 3.8) is 0 Å². The lowest BCUT2D eigenvalue weighted by molar-refractivity contribution is -0.115. The first-order valence-corrected chi connectivity index (χ1v) is 8.61. The number of anilines is 2. The Bertz CT molecular complexity index is 851. The Morgan fingerprint density at radius 3 is 2.35 bits per heavy atom. The van der Waals surface area contributed by atoms with E-state index in [2.05, 4.69) is 27.6 Å². The highest BCUT2D eigenvalue weighted by Gasteiger charge is 2.08. The van der Waals surface area contributed by atoms with E-state index in [4.69, 9.17) is 11.6 Å². The minimum Gasteiger partial charge on any atom is -0.354 e. The number of halogens is 1. The second-order valence-electron chi connectivity index (χ2n) is 5.97. The zero-order chi connectivity index (χ0) is 18.4. The number of nitrogens with one attached hydrogen (secondary N) is 1. The minimum atomic E-state index is -0.146. The SMILES string of the molecule is CN(Cc1ccccc1)c1ccc(NC(=O)Cc2ccc(Cl)cc2)nn1. The quantitative estimate of drug-likeness (QED) is 0.717. The zero-order valence-electron chi connectivity index (χ0n) is 14.4. The van der Waals surface area contributed by atoms with Gasteiger partial charge in [0.25, 0.3) is 0 Å². The van der Waals surface area contributed by atoms with Gasteiger partial charge >= 0.3 is 0 Å². The number of amides is 1. The molecule has 1 heterocycles. The first kappa shape index (κ1) is 17.9. The number of rotatable bonds is 6. The molecule has 3 rings (SSSR count). The maximum Gasteiger partial charge on any atom is 0.229 e. The molecule has 0 saturated carbocycles. The summed E-state index contributed by atoms with van der Waals surface area (Å²) in [7, 11) is 1.95. The highest BCUT2D eigenvalue weighted by molar-refractivity contribution is 6.30. The van der Waals surface area contributed by atoms with E-state index >= 15 is 0 Å². The maximum atomic E-state index is 12.1. The number of aromatic nitrogens is 2. The largest absolute Gasteiger partial charge is 0.354 e. The summed E-state index contributed by atoms with van der Waals surface area (Å²) >= 11 is 5.85. The van der Waals surface area contributed by atoms with E-state index < -0.39 is 0 Å². The summed E-state index contributed by atoms with van der Waals surface area (Å²) < 4.78 is 0. The molecule has 0 saturated heterocycles. The molecule has 26 heavy (non-hydrogen) atoms. The molecule has 0 aliphatic rings. The fraction of sp³-hybridized carbons (Fsp3) is 0.150. The number of carbonyl (C=O) groups excluding carboxylic acids is 1. The van der Waals surface area contributed by atoms with Crippen LogP contribution in [-0.2, 0) is 17.8 Å². The lowest BCUT2D eigenvalue weighted by atomic mass is 10.1. The average Bonchev–Trinajstić information content (AvgIpc) is 2.65. The number of benzene rings is 2. The van der Waals surface area contributed by atoms with Crippen molar-refractivity contribution in [1.82, 2.24) is 10.2 Å². The van der Waals surface area contributed by atoms with Gasteiger partial charge in [0.15, 0.2) is 11.6 Å². The summed E-state index contributed by atoms with van der Waals surface area (Å²) in [6.07, 6.45) is 0.258. The summed E-state index contributed by atoms with van der Waals surface area (Å²) in [5, 5.41) is 11.7. The van der Waals surface area contributed by atoms with Gasteiger partial charge in [-0.2, -0.15) is 0 Å². The lowest BCUT2D eigenvalue weighted by Gasteiger charge is -2.17. The smallest absolute Gasteiger partial charge is 0.229 e. The van der Waals surface area contributed by atoms with E-state index in [9.17, 15) is 4.79 Å². The van der Waals surface area contributed by atoms with Crippen molar-refractivity contribution in [2.75, 3.05) is 17.3 Å². The third-order valence-electron chi connectivity index (χ3n) is 3.85. The number of hydrogen-bond acceptors (Lipinski definition) is 4. The summed E-state index contributed by atoms with van der Waals surface area (Å²) in [5.41, 5.74) is 2.08. The van der Waals surface area contributed by atoms with Crippen molar-refractivity contribution >= 4 is 29.1 Å². The molecule has 3 aromatic rings. The topological polar surface area (TPSA) is 58.1 Å². The van der Waals surface area contributed by atoms with Crippen LogP contribution in [0.4, 0.5) is 11.6 Å². The lowest BCUT2D eigenvalue weighted by Crippen LogP contribution is -2.19. The van der Waals surface area contributed by atoms with E-state index in [-0.39, 0.29) is 12.3 Å². The van der Waals surface area contributed by atoms with Crippen LogP contribution in [0.1, 0.15) is 11.1 Å². The molecule has 1 N–H and O–H groups in total. The predicted molar refractivity (Wildman–Crippen MR) is 104 cm³/mol. The standard InChI is InChI=1S/C20H19ClN4O/c1-25(14-16-5-3-2-4-6-16)19-12-11-18(23-24-19)22-20(26)13-15-7-9-17(21)10-8-15/h2-12H,13-14H2,1H3,(H,22,23,26). The Morgan fingerprint density at radius 1 is 0.962 bits per heavy atom. The van der Waals surface area contributed by atoms with Gasteiger partial charge in [0.1, 0.15) is 0 Å². The fourth-order valence-electron chi connectivity index (χ4n) is 2.51. The predicted octanol–water partition coefficient (Wildman–Crippen LogP) is 3.95. The monoisotopic (exact) mass is 366 g/mol. The van der Waals surface area contributed by atoms with Crippen molar-refractivity contribution in [2.24, 2.45) is 0 Å². The van der Waals surface area contributed by atoms with Crippen molar-refractivity contribution in [1.29, 1.82) is 0 Å². The van der Waals surface area contributed by atoms with Gasteiger partial charge in [-0.25, -0.2) is 0 Å². The van der Waals surface area contributed by atoms with E-state index in [1.54, 1.807) is 18.2 Å². The van der Waals surface area contributed by atoms with Crippen LogP contribution in [0.15, 0.2) is 66.7 Å². The number of nitrogens with zero attached hydrogens (tertiary/aromatic N) is 3. The van der Waals surface area contributed by atoms with E-state index in [0.29, 0.717) is 10.8 Å². The highest BCUT2D eigenvalue weighted by atomic mass is 35.5. The molecule has 132 valence electrons. The molecule has 0 radical (unpaired) electrons. The van der Waals surface area contributed by atoms with Crippen LogP contribution in [0.25, 0.3) is 0 Å². The molecule has 1 amide bonds. The molecule has 0 aliphatic heterocycles. The Labute approximate surface area is 157 Å². The van der Waals surface area contributed by atoms with Gasteiger partial charge in [0.05, 0.1) is 6.42 Å². The van der Waals surface area contributed by atoms with Crippen LogP contribution in [0.3, 0.4) is 0 Å². The summed E-state index contributed by atoms with van der Waals surface area (Å²) in [5.74, 6) is 1.03. The first-order valence-electron chi connectivity index (χ1n) is 8.23. The molecule has 0 bridgehead atoms. The first-order chi connectivity index (χ1) is 12.6. The van der Waals surface area contributed by atoms with Crippen LogP contribution >= 0.6 is 11.6 Å². The van der Waals surface area contributed by atoms with Crippen LogP contribution < -0.4 is 10.2 Å². The second kappa shape index (κ2) is 8.45. The fourth-order valence-corrected chi connectivity index (χ4v) is 2.63. The van der Waals surface area contributed by atoms with Crippen molar-refractivity contribution in [3.05, 3.63) is 82.9 Å². The maximum absolute atomic E-state index is 12.1. The van der Waals surface area contributed by atoms with Crippen LogP contribution in [-0.4, -0.2) is 23.2 Å². The third kappa shape index (κ3) is 5.04. The Kier molecular flexibility index (Phi) is 5.81. The summed E-state index contributed by atoms with van der Waals surface area (Å²) in [4.78, 5) is 14.1. The van der Waals surface area contributed by atoms with E-state index in [0.717, 1.165) is 17.9 Å². The van der Waals surface area contributed by atoms with E-state index in [1.807, 2.05) is 48.3 Å². The molecule has 0 aliphatic carbocycles. The minimum absolute atomic E-state index is 0.146. The molecule has 0 atom stereocenters. The molecular weight excluding hydrogens is 348 g/mol. The summed E-state index contributed by atoms with van der Waals surface area (Å²) in [6, 6.07) is 20.9. The Balaban J connectivity index is 1.56. The van der Waals surface area contributed by atoms with Crippen molar-refractivity contribution in [2.45, 2.75) is 13.0 Å². The molecule has 0 fully saturated rings. The molecular formula is C20H19ClN4O. The van der Waals surface area contributed by atoms with Gasteiger partial charge in [-0.05, 0) is 35.4 Å². The molecule has 6 heteroatoms. The van der Waals surface area contributed by atoms with Gasteiger partial charge < -0.3 is 10.2 Å². The molecule has 0 unspecified atom stereocenters. The normalized spacial score (nSPS) is 10.4. The molecule has 0 spiro atoms. The summed E-state index contributed by atoms with van der Waals surface area (Å²) in [6.45, 7) is 0.734. The van der Waals surface area contributed by atoms with Gasteiger partial charge in [0, 0.05) is 18.6 Å². The van der Waals surface area contributed by atoms with Crippen molar-refractivity contribution < 1.29 is 4.79 Å². The number of hydrogen-bond donors (Lipinski definition) is 1. The average molecular weight is 367 g/mol. The van der Waals surface area contributed by atoms with Crippen LogP contribution in [0.2, 0.25) is 5.02 Å². The Hall–Kier alpha value is -2.92. The molecule has 2 aromatic carbocycles. The highest BCUT2D eigenvalue weighted by Crippen LogP contribution is 2.14. The third-order valence-corrected chi connectivity index (χ3v) is 4.10. The van der Waals surface area contributed by atoms with Gasteiger partial charge in [-0.15, -0.1) is 10.2 Å². The van der Waals surface area contributed by atoms with Crippen LogP contribution in [0.5, 0.6) is 0 Å². The zero-order valence-corrected chi connectivity index (χ0v) is 15.1. The van der Waals surface area contributed by atoms with E-state index in [1.165, 1.54) is 5.56 Å². The van der Waals surface area contributed by atoms with Crippen molar-refractivity contribution in [3.8, 4) is 0 Å². The second-order valence-corrected chi connectivity index (χ2v) is 6.41. The van der Waals surface area contributed by atoms with Crippen LogP contribution in [0, 0.1) is 0 Å². The molecule has 1 aromatic heterocycles. The van der Waals surface area contributed by atoms with Gasteiger partial charge in [-0.3, -0.25) is 4.79 Å². The number of carbonyl (C=O) groups is 1. The van der Waals surface area contributed by atoms with Gasteiger partial charge in [-0.1, -0.05) is 54.1 Å². The van der Waals surface area contributed by atoms with Gasteiger partial charge in [0.2, 0.25) is 5.91 Å². The Morgan fingerprint density at radius 2 is 1.69 bits per heavy atom. The molecule has 5 nitrogen and oxygen atoms in total.